The zero-order valence-electron chi connectivity index (χ0n) is 5.29. The van der Waals surface area contributed by atoms with Crippen molar-refractivity contribution < 1.29 is 13.2 Å². The van der Waals surface area contributed by atoms with Crippen LogP contribution in [0.5, 0.6) is 0 Å². The van der Waals surface area contributed by atoms with Gasteiger partial charge in [-0.05, 0) is 19.3 Å². The third-order valence-electron chi connectivity index (χ3n) is 1.83. The lowest BCUT2D eigenvalue weighted by atomic mass is 10.1. The molecule has 0 radical (unpaired) electrons. The largest absolute Gasteiger partial charge is 0.391 e. The third kappa shape index (κ3) is 1.78. The molecule has 2 atom stereocenters. The van der Waals surface area contributed by atoms with E-state index in [9.17, 15) is 13.2 Å². The Balaban J connectivity index is 2.45. The molecule has 0 saturated heterocycles. The van der Waals surface area contributed by atoms with Crippen LogP contribution in [0.1, 0.15) is 19.3 Å². The van der Waals surface area contributed by atoms with Gasteiger partial charge in [0, 0.05) is 5.38 Å². The van der Waals surface area contributed by atoms with Gasteiger partial charge in [-0.1, -0.05) is 0 Å². The number of alkyl halides is 4. The Morgan fingerprint density at radius 3 is 2.00 bits per heavy atom. The van der Waals surface area contributed by atoms with Gasteiger partial charge in [0.15, 0.2) is 0 Å². The molecule has 0 heterocycles. The predicted octanol–water partition coefficient (Wildman–Crippen LogP) is 2.96. The molecule has 0 aromatic heterocycles. The van der Waals surface area contributed by atoms with E-state index in [1.807, 2.05) is 0 Å². The second kappa shape index (κ2) is 2.61. The van der Waals surface area contributed by atoms with Gasteiger partial charge in [0.1, 0.15) is 0 Å². The van der Waals surface area contributed by atoms with Crippen molar-refractivity contribution in [2.75, 3.05) is 0 Å². The molecule has 10 heavy (non-hydrogen) atoms. The van der Waals surface area contributed by atoms with Gasteiger partial charge in [0.2, 0.25) is 0 Å². The summed E-state index contributed by atoms with van der Waals surface area (Å²) in [5.41, 5.74) is 0. The summed E-state index contributed by atoms with van der Waals surface area (Å²) in [6, 6.07) is 0. The van der Waals surface area contributed by atoms with E-state index in [0.717, 1.165) is 0 Å². The first kappa shape index (κ1) is 8.18. The molecule has 0 aromatic carbocycles. The maximum atomic E-state index is 11.9. The molecule has 1 saturated carbocycles. The van der Waals surface area contributed by atoms with Crippen LogP contribution in [-0.4, -0.2) is 11.6 Å². The second-order valence-electron chi connectivity index (χ2n) is 2.65. The molecule has 0 aromatic rings. The van der Waals surface area contributed by atoms with E-state index >= 15 is 0 Å². The topological polar surface area (TPSA) is 0 Å². The van der Waals surface area contributed by atoms with E-state index in [4.69, 9.17) is 11.6 Å². The monoisotopic (exact) mass is 172 g/mol. The highest BCUT2D eigenvalue weighted by atomic mass is 35.5. The summed E-state index contributed by atoms with van der Waals surface area (Å²) in [6.45, 7) is 0. The van der Waals surface area contributed by atoms with Crippen LogP contribution in [0, 0.1) is 5.92 Å². The van der Waals surface area contributed by atoms with Gasteiger partial charge in [-0.2, -0.15) is 13.2 Å². The van der Waals surface area contributed by atoms with Crippen LogP contribution in [0.15, 0.2) is 0 Å². The zero-order valence-corrected chi connectivity index (χ0v) is 6.04. The Hall–Kier alpha value is 0.0800. The van der Waals surface area contributed by atoms with Crippen molar-refractivity contribution in [3.05, 3.63) is 0 Å². The maximum Gasteiger partial charge on any atom is 0.391 e. The van der Waals surface area contributed by atoms with Crippen molar-refractivity contribution in [1.29, 1.82) is 0 Å². The summed E-state index contributed by atoms with van der Waals surface area (Å²) in [6.07, 6.45) is -3.21. The molecule has 1 aliphatic rings. The highest BCUT2D eigenvalue weighted by Gasteiger charge is 2.43. The first-order valence-corrected chi connectivity index (χ1v) is 3.64. The van der Waals surface area contributed by atoms with E-state index < -0.39 is 12.1 Å². The average Bonchev–Trinajstić information content (AvgIpc) is 2.11. The number of rotatable bonds is 0. The van der Waals surface area contributed by atoms with Gasteiger partial charge < -0.3 is 0 Å². The van der Waals surface area contributed by atoms with Gasteiger partial charge in [0.05, 0.1) is 5.92 Å². The van der Waals surface area contributed by atoms with Crippen molar-refractivity contribution in [3.63, 3.8) is 0 Å². The van der Waals surface area contributed by atoms with Crippen molar-refractivity contribution in [2.24, 2.45) is 5.92 Å². The molecule has 0 spiro atoms. The van der Waals surface area contributed by atoms with Crippen LogP contribution in [-0.2, 0) is 0 Å². The van der Waals surface area contributed by atoms with Crippen molar-refractivity contribution in [2.45, 2.75) is 30.8 Å². The van der Waals surface area contributed by atoms with Gasteiger partial charge in [-0.3, -0.25) is 0 Å². The van der Waals surface area contributed by atoms with Gasteiger partial charge >= 0.3 is 6.18 Å². The second-order valence-corrected chi connectivity index (χ2v) is 3.27. The van der Waals surface area contributed by atoms with Crippen molar-refractivity contribution in [1.82, 2.24) is 0 Å². The van der Waals surface area contributed by atoms with E-state index in [1.165, 1.54) is 0 Å². The molecule has 0 unspecified atom stereocenters. The van der Waals surface area contributed by atoms with E-state index in [1.54, 1.807) is 0 Å². The van der Waals surface area contributed by atoms with Gasteiger partial charge in [-0.25, -0.2) is 0 Å². The van der Waals surface area contributed by atoms with E-state index in [-0.39, 0.29) is 18.2 Å². The molecule has 1 aliphatic carbocycles. The summed E-state index contributed by atoms with van der Waals surface area (Å²) in [5.74, 6) is -1.14. The van der Waals surface area contributed by atoms with E-state index in [2.05, 4.69) is 0 Å². The van der Waals surface area contributed by atoms with E-state index in [0.29, 0.717) is 6.42 Å². The van der Waals surface area contributed by atoms with Crippen LogP contribution >= 0.6 is 11.6 Å². The standard InChI is InChI=1S/C6H8ClF3/c7-5-2-1-4(3-5)6(8,9)10/h4-5H,1-3H2/t4-,5+/m0/s1. The molecule has 0 amide bonds. The lowest BCUT2D eigenvalue weighted by Gasteiger charge is -2.12. The van der Waals surface area contributed by atoms with Gasteiger partial charge in [-0.15, -0.1) is 11.6 Å². The molecular formula is C6H8ClF3. The number of hydrogen-bond acceptors (Lipinski definition) is 0. The van der Waals surface area contributed by atoms with Crippen molar-refractivity contribution in [3.8, 4) is 0 Å². The van der Waals surface area contributed by atoms with Crippen LogP contribution in [0.2, 0.25) is 0 Å². The number of halogens is 4. The Kier molecular flexibility index (Phi) is 2.13. The SMILES string of the molecule is FC(F)(F)[C@H]1CC[C@@H](Cl)C1. The highest BCUT2D eigenvalue weighted by Crippen LogP contribution is 2.40. The first-order chi connectivity index (χ1) is 4.50. The van der Waals surface area contributed by atoms with Crippen LogP contribution in [0.4, 0.5) is 13.2 Å². The summed E-state index contributed by atoms with van der Waals surface area (Å²) in [5, 5.41) is -0.258. The summed E-state index contributed by atoms with van der Waals surface area (Å²) < 4.78 is 35.6. The maximum absolute atomic E-state index is 11.9. The summed E-state index contributed by atoms with van der Waals surface area (Å²) in [7, 11) is 0. The van der Waals surface area contributed by atoms with Gasteiger partial charge in [0.25, 0.3) is 0 Å². The predicted molar refractivity (Wildman–Crippen MR) is 33.0 cm³/mol. The van der Waals surface area contributed by atoms with Crippen LogP contribution in [0.25, 0.3) is 0 Å². The molecule has 0 bridgehead atoms. The fourth-order valence-corrected chi connectivity index (χ4v) is 1.56. The molecule has 4 heteroatoms. The zero-order chi connectivity index (χ0) is 7.78. The number of hydrogen-bond donors (Lipinski definition) is 0. The smallest absolute Gasteiger partial charge is 0.171 e. The molecule has 0 N–H and O–H groups in total. The average molecular weight is 173 g/mol. The molecule has 1 fully saturated rings. The third-order valence-corrected chi connectivity index (χ3v) is 2.23. The molecule has 60 valence electrons. The lowest BCUT2D eigenvalue weighted by molar-refractivity contribution is -0.172. The minimum Gasteiger partial charge on any atom is -0.171 e. The fourth-order valence-electron chi connectivity index (χ4n) is 1.22. The fraction of sp³-hybridized carbons (Fsp3) is 1.00. The minimum atomic E-state index is -4.02. The Morgan fingerprint density at radius 1 is 1.20 bits per heavy atom. The van der Waals surface area contributed by atoms with Crippen LogP contribution < -0.4 is 0 Å². The lowest BCUT2D eigenvalue weighted by Crippen LogP contribution is -2.19. The minimum absolute atomic E-state index is 0.102. The Labute approximate surface area is 62.4 Å². The molecule has 0 aliphatic heterocycles. The summed E-state index contributed by atoms with van der Waals surface area (Å²) in [4.78, 5) is 0. The quantitative estimate of drug-likeness (QED) is 0.493. The Morgan fingerprint density at radius 2 is 1.80 bits per heavy atom. The highest BCUT2D eigenvalue weighted by molar-refractivity contribution is 6.20. The first-order valence-electron chi connectivity index (χ1n) is 3.21. The molecule has 1 rings (SSSR count). The molecular weight excluding hydrogens is 165 g/mol. The van der Waals surface area contributed by atoms with Crippen molar-refractivity contribution >= 4 is 11.6 Å². The normalized spacial score (nSPS) is 34.8. The van der Waals surface area contributed by atoms with Crippen LogP contribution in [0.3, 0.4) is 0 Å². The molecule has 0 nitrogen and oxygen atoms in total. The Bertz CT molecular complexity index is 121. The summed E-state index contributed by atoms with van der Waals surface area (Å²) >= 11 is 5.51.